The minimum atomic E-state index is -0.635. The van der Waals surface area contributed by atoms with Crippen molar-refractivity contribution in [1.29, 1.82) is 0 Å². The van der Waals surface area contributed by atoms with Crippen molar-refractivity contribution >= 4 is 38.9 Å². The first-order valence-electron chi connectivity index (χ1n) is 5.90. The fourth-order valence-electron chi connectivity index (χ4n) is 2.40. The second-order valence-electron chi connectivity index (χ2n) is 4.49. The van der Waals surface area contributed by atoms with Crippen molar-refractivity contribution in [3.8, 4) is 0 Å². The number of hydrogen-bond acceptors (Lipinski definition) is 2. The minimum Gasteiger partial charge on any atom is -0.383 e. The van der Waals surface area contributed by atoms with Gasteiger partial charge < -0.3 is 5.11 Å². The summed E-state index contributed by atoms with van der Waals surface area (Å²) in [5.41, 5.74) is 2.16. The third kappa shape index (κ3) is 2.14. The number of halogens is 2. The largest absolute Gasteiger partial charge is 0.383 e. The zero-order valence-corrected chi connectivity index (χ0v) is 12.8. The maximum Gasteiger partial charge on any atom is 0.116 e. The maximum absolute atomic E-state index is 10.5. The molecular formula is C14H12BrClOS. The van der Waals surface area contributed by atoms with Gasteiger partial charge in [-0.15, -0.1) is 11.3 Å². The van der Waals surface area contributed by atoms with Gasteiger partial charge in [0.2, 0.25) is 0 Å². The number of benzene rings is 1. The third-order valence-electron chi connectivity index (χ3n) is 3.31. The lowest BCUT2D eigenvalue weighted by atomic mass is 10.1. The monoisotopic (exact) mass is 342 g/mol. The molecule has 0 saturated heterocycles. The van der Waals surface area contributed by atoms with E-state index in [1.807, 2.05) is 18.2 Å². The maximum atomic E-state index is 10.5. The molecular weight excluding hydrogens is 332 g/mol. The molecule has 0 aliphatic heterocycles. The average molecular weight is 344 g/mol. The number of aryl methyl sites for hydroxylation is 2. The summed E-state index contributed by atoms with van der Waals surface area (Å²) in [6, 6.07) is 7.72. The molecule has 1 aromatic carbocycles. The molecule has 18 heavy (non-hydrogen) atoms. The molecule has 0 spiro atoms. The van der Waals surface area contributed by atoms with E-state index in [9.17, 15) is 5.11 Å². The highest BCUT2D eigenvalue weighted by atomic mass is 79.9. The van der Waals surface area contributed by atoms with E-state index in [0.717, 1.165) is 27.8 Å². The summed E-state index contributed by atoms with van der Waals surface area (Å²) in [6.07, 6.45) is 2.90. The van der Waals surface area contributed by atoms with Crippen molar-refractivity contribution in [2.24, 2.45) is 0 Å². The second-order valence-corrected chi connectivity index (χ2v) is 6.92. The minimum absolute atomic E-state index is 0.602. The molecule has 1 unspecified atom stereocenters. The molecule has 0 fully saturated rings. The van der Waals surface area contributed by atoms with Crippen molar-refractivity contribution in [3.63, 3.8) is 0 Å². The van der Waals surface area contributed by atoms with Crippen molar-refractivity contribution in [2.45, 2.75) is 25.4 Å². The molecule has 94 valence electrons. The fraction of sp³-hybridized carbons (Fsp3) is 0.286. The number of aliphatic hydroxyl groups excluding tert-OH is 1. The molecule has 0 saturated carbocycles. The number of aliphatic hydroxyl groups is 1. The molecule has 1 aliphatic rings. The molecule has 1 nitrogen and oxygen atoms in total. The van der Waals surface area contributed by atoms with Gasteiger partial charge in [0.15, 0.2) is 0 Å². The Hall–Kier alpha value is -0.350. The highest BCUT2D eigenvalue weighted by molar-refractivity contribution is 9.10. The van der Waals surface area contributed by atoms with E-state index in [4.69, 9.17) is 11.6 Å². The van der Waals surface area contributed by atoms with E-state index in [1.165, 1.54) is 16.9 Å². The summed E-state index contributed by atoms with van der Waals surface area (Å²) >= 11 is 11.4. The third-order valence-corrected chi connectivity index (χ3v) is 5.62. The van der Waals surface area contributed by atoms with Gasteiger partial charge in [-0.25, -0.2) is 0 Å². The van der Waals surface area contributed by atoms with Crippen molar-refractivity contribution in [2.75, 3.05) is 0 Å². The Bertz CT molecular complexity index is 552. The van der Waals surface area contributed by atoms with Crippen LogP contribution < -0.4 is 0 Å². The van der Waals surface area contributed by atoms with E-state index >= 15 is 0 Å². The van der Waals surface area contributed by atoms with Crippen LogP contribution in [0.1, 0.15) is 33.4 Å². The van der Waals surface area contributed by atoms with Crippen LogP contribution >= 0.6 is 38.9 Å². The smallest absolute Gasteiger partial charge is 0.116 e. The van der Waals surface area contributed by atoms with Crippen LogP contribution in [0.5, 0.6) is 0 Å². The predicted molar refractivity (Wildman–Crippen MR) is 79.6 cm³/mol. The zero-order valence-electron chi connectivity index (χ0n) is 9.62. The van der Waals surface area contributed by atoms with Crippen LogP contribution in [0, 0.1) is 0 Å². The first kappa shape index (κ1) is 12.7. The molecule has 1 aliphatic carbocycles. The summed E-state index contributed by atoms with van der Waals surface area (Å²) in [4.78, 5) is 2.42. The Kier molecular flexibility index (Phi) is 3.50. The number of hydrogen-bond donors (Lipinski definition) is 1. The van der Waals surface area contributed by atoms with Gasteiger partial charge in [-0.2, -0.15) is 0 Å². The standard InChI is InChI=1S/C14H12BrClOS/c15-9-4-2-5-10(16)13(9)14(17)12-7-8-3-1-6-11(8)18-12/h2,4-5,7,14,17H,1,3,6H2. The first-order chi connectivity index (χ1) is 8.66. The molecule has 2 aromatic rings. The molecule has 1 N–H and O–H groups in total. The lowest BCUT2D eigenvalue weighted by molar-refractivity contribution is 0.223. The van der Waals surface area contributed by atoms with Crippen LogP contribution in [-0.4, -0.2) is 5.11 Å². The van der Waals surface area contributed by atoms with Crippen LogP contribution in [0.15, 0.2) is 28.7 Å². The molecule has 1 aromatic heterocycles. The summed E-state index contributed by atoms with van der Waals surface area (Å²) < 4.78 is 0.857. The Balaban J connectivity index is 2.01. The normalized spacial score (nSPS) is 15.7. The van der Waals surface area contributed by atoms with E-state index in [2.05, 4.69) is 22.0 Å². The predicted octanol–water partition coefficient (Wildman–Crippen LogP) is 4.73. The summed E-state index contributed by atoms with van der Waals surface area (Å²) in [5.74, 6) is 0. The van der Waals surface area contributed by atoms with Gasteiger partial charge in [-0.05, 0) is 43.0 Å². The van der Waals surface area contributed by atoms with E-state index in [-0.39, 0.29) is 0 Å². The Morgan fingerprint density at radius 1 is 1.33 bits per heavy atom. The van der Waals surface area contributed by atoms with E-state index in [0.29, 0.717) is 5.02 Å². The molecule has 0 bridgehead atoms. The fourth-order valence-corrected chi connectivity index (χ4v) is 4.63. The lowest BCUT2D eigenvalue weighted by Gasteiger charge is -2.13. The zero-order chi connectivity index (χ0) is 12.7. The first-order valence-corrected chi connectivity index (χ1v) is 7.89. The van der Waals surface area contributed by atoms with Crippen molar-refractivity contribution in [1.82, 2.24) is 0 Å². The highest BCUT2D eigenvalue weighted by Gasteiger charge is 2.22. The van der Waals surface area contributed by atoms with Crippen molar-refractivity contribution < 1.29 is 5.11 Å². The molecule has 1 atom stereocenters. The van der Waals surface area contributed by atoms with Gasteiger partial charge in [0.1, 0.15) is 6.10 Å². The van der Waals surface area contributed by atoms with Gasteiger partial charge in [-0.1, -0.05) is 33.6 Å². The lowest BCUT2D eigenvalue weighted by Crippen LogP contribution is -1.99. The molecule has 0 amide bonds. The average Bonchev–Trinajstić information content (AvgIpc) is 2.88. The molecule has 1 heterocycles. The highest BCUT2D eigenvalue weighted by Crippen LogP contribution is 2.40. The Morgan fingerprint density at radius 3 is 2.89 bits per heavy atom. The quantitative estimate of drug-likeness (QED) is 0.835. The van der Waals surface area contributed by atoms with Crippen molar-refractivity contribution in [3.05, 3.63) is 54.6 Å². The van der Waals surface area contributed by atoms with Gasteiger partial charge in [0.25, 0.3) is 0 Å². The summed E-state index contributed by atoms with van der Waals surface area (Å²) in [6.45, 7) is 0. The van der Waals surface area contributed by atoms with Crippen LogP contribution in [0.2, 0.25) is 5.02 Å². The van der Waals surface area contributed by atoms with Gasteiger partial charge >= 0.3 is 0 Å². The molecule has 3 rings (SSSR count). The van der Waals surface area contributed by atoms with Gasteiger partial charge in [-0.3, -0.25) is 0 Å². The van der Waals surface area contributed by atoms with E-state index < -0.39 is 6.10 Å². The number of fused-ring (bicyclic) bond motifs is 1. The number of thiophene rings is 1. The SMILES string of the molecule is OC(c1cc2c(s1)CCC2)c1c(Cl)cccc1Br. The van der Waals surface area contributed by atoms with Crippen LogP contribution in [0.3, 0.4) is 0 Å². The Morgan fingerprint density at radius 2 is 2.17 bits per heavy atom. The number of rotatable bonds is 2. The second kappa shape index (κ2) is 4.97. The van der Waals surface area contributed by atoms with E-state index in [1.54, 1.807) is 11.3 Å². The van der Waals surface area contributed by atoms with Gasteiger partial charge in [0, 0.05) is 24.8 Å². The van der Waals surface area contributed by atoms with Crippen LogP contribution in [0.25, 0.3) is 0 Å². The van der Waals surface area contributed by atoms with Crippen LogP contribution in [-0.2, 0) is 12.8 Å². The Labute approximate surface area is 124 Å². The van der Waals surface area contributed by atoms with Gasteiger partial charge in [0.05, 0.1) is 0 Å². The molecule has 0 radical (unpaired) electrons. The topological polar surface area (TPSA) is 20.2 Å². The molecule has 4 heteroatoms. The summed E-state index contributed by atoms with van der Waals surface area (Å²) in [7, 11) is 0. The van der Waals surface area contributed by atoms with Crippen LogP contribution in [0.4, 0.5) is 0 Å². The summed E-state index contributed by atoms with van der Waals surface area (Å²) in [5, 5.41) is 11.1.